The summed E-state index contributed by atoms with van der Waals surface area (Å²) in [6.45, 7) is 6.10. The number of unbranched alkanes of at least 4 members (excludes halogenated alkanes) is 10. The molecule has 0 unspecified atom stereocenters. The second-order valence-electron chi connectivity index (χ2n) is 7.45. The first-order chi connectivity index (χ1) is 13.1. The van der Waals surface area contributed by atoms with E-state index >= 15 is 0 Å². The zero-order chi connectivity index (χ0) is 19.9. The van der Waals surface area contributed by atoms with Crippen LogP contribution in [0, 0.1) is 0 Å². The number of nitrogens with zero attached hydrogens (tertiary/aromatic N) is 1. The molecule has 0 N–H and O–H groups in total. The van der Waals surface area contributed by atoms with Crippen LogP contribution in [0.15, 0.2) is 18.2 Å². The molecule has 0 spiro atoms. The molecule has 0 atom stereocenters. The van der Waals surface area contributed by atoms with Gasteiger partial charge in [0.15, 0.2) is 0 Å². The van der Waals surface area contributed by atoms with E-state index in [0.717, 1.165) is 25.9 Å². The first-order valence-electron chi connectivity index (χ1n) is 10.8. The Morgan fingerprint density at radius 3 is 1.74 bits per heavy atom. The van der Waals surface area contributed by atoms with Gasteiger partial charge in [0.25, 0.3) is 5.91 Å². The number of carbonyl (C=O) groups excluding carboxylic acids is 1. The van der Waals surface area contributed by atoms with Crippen molar-refractivity contribution in [1.29, 1.82) is 0 Å². The standard InChI is InChI=1S/C23H37Cl2NO/c1-3-5-7-9-11-13-17-26(18-14-12-10-8-6-4-2)23(27)21-16-15-20(24)19-22(21)25/h15-16,19H,3-14,17-18H2,1-2H3. The van der Waals surface area contributed by atoms with Crippen molar-refractivity contribution in [3.05, 3.63) is 33.8 Å². The SMILES string of the molecule is CCCCCCCCN(CCCCCCCC)C(=O)c1ccc(Cl)cc1Cl. The van der Waals surface area contributed by atoms with Gasteiger partial charge in [-0.2, -0.15) is 0 Å². The summed E-state index contributed by atoms with van der Waals surface area (Å²) in [6, 6.07) is 5.15. The van der Waals surface area contributed by atoms with Crippen molar-refractivity contribution in [3.63, 3.8) is 0 Å². The lowest BCUT2D eigenvalue weighted by Gasteiger charge is -2.23. The Morgan fingerprint density at radius 2 is 1.26 bits per heavy atom. The summed E-state index contributed by atoms with van der Waals surface area (Å²) in [7, 11) is 0. The second kappa shape index (κ2) is 15.2. The Hall–Kier alpha value is -0.730. The summed E-state index contributed by atoms with van der Waals surface area (Å²) in [4.78, 5) is 15.0. The molecule has 1 rings (SSSR count). The molecule has 27 heavy (non-hydrogen) atoms. The average molecular weight is 414 g/mol. The number of amides is 1. The Labute approximate surface area is 176 Å². The third-order valence-electron chi connectivity index (χ3n) is 5.01. The molecule has 0 fully saturated rings. The van der Waals surface area contributed by atoms with Crippen molar-refractivity contribution in [3.8, 4) is 0 Å². The summed E-state index contributed by atoms with van der Waals surface area (Å²) >= 11 is 12.3. The van der Waals surface area contributed by atoms with Crippen molar-refractivity contribution in [2.75, 3.05) is 13.1 Å². The lowest BCUT2D eigenvalue weighted by molar-refractivity contribution is 0.0749. The van der Waals surface area contributed by atoms with Crippen LogP contribution in [0.3, 0.4) is 0 Å². The predicted molar refractivity (Wildman–Crippen MR) is 119 cm³/mol. The number of carbonyl (C=O) groups is 1. The Kier molecular flexibility index (Phi) is 13.7. The van der Waals surface area contributed by atoms with Gasteiger partial charge in [0, 0.05) is 18.1 Å². The van der Waals surface area contributed by atoms with Crippen LogP contribution >= 0.6 is 23.2 Å². The van der Waals surface area contributed by atoms with E-state index < -0.39 is 0 Å². The highest BCUT2D eigenvalue weighted by atomic mass is 35.5. The first kappa shape index (κ1) is 24.3. The fourth-order valence-corrected chi connectivity index (χ4v) is 3.80. The number of hydrogen-bond acceptors (Lipinski definition) is 1. The molecule has 1 aromatic rings. The molecular formula is C23H37Cl2NO. The third-order valence-corrected chi connectivity index (χ3v) is 5.56. The Balaban J connectivity index is 2.55. The molecule has 0 heterocycles. The maximum atomic E-state index is 13.0. The van der Waals surface area contributed by atoms with Gasteiger partial charge in [0.2, 0.25) is 0 Å². The highest BCUT2D eigenvalue weighted by Crippen LogP contribution is 2.23. The van der Waals surface area contributed by atoms with Crippen molar-refractivity contribution in [2.45, 2.75) is 90.9 Å². The minimum absolute atomic E-state index is 0.0405. The van der Waals surface area contributed by atoms with E-state index in [4.69, 9.17) is 23.2 Å². The molecule has 0 saturated carbocycles. The van der Waals surface area contributed by atoms with E-state index in [2.05, 4.69) is 13.8 Å². The van der Waals surface area contributed by atoms with Crippen molar-refractivity contribution in [2.24, 2.45) is 0 Å². The summed E-state index contributed by atoms with van der Waals surface area (Å²) < 4.78 is 0. The van der Waals surface area contributed by atoms with Crippen LogP contribution in [0.2, 0.25) is 10.0 Å². The molecule has 4 heteroatoms. The number of hydrogen-bond donors (Lipinski definition) is 0. The van der Waals surface area contributed by atoms with Gasteiger partial charge in [-0.1, -0.05) is 101 Å². The van der Waals surface area contributed by atoms with E-state index in [9.17, 15) is 4.79 Å². The number of halogens is 2. The van der Waals surface area contributed by atoms with Crippen LogP contribution in [0.5, 0.6) is 0 Å². The summed E-state index contributed by atoms with van der Waals surface area (Å²) in [5.74, 6) is 0.0405. The Bertz CT molecular complexity index is 517. The quantitative estimate of drug-likeness (QED) is 0.265. The van der Waals surface area contributed by atoms with Crippen LogP contribution in [0.25, 0.3) is 0 Å². The molecule has 2 nitrogen and oxygen atoms in total. The van der Waals surface area contributed by atoms with E-state index in [1.54, 1.807) is 18.2 Å². The molecule has 0 radical (unpaired) electrons. The van der Waals surface area contributed by atoms with Gasteiger partial charge in [0.1, 0.15) is 0 Å². The average Bonchev–Trinajstić information content (AvgIpc) is 2.65. The second-order valence-corrected chi connectivity index (χ2v) is 8.30. The summed E-state index contributed by atoms with van der Waals surface area (Å²) in [5, 5.41) is 1.01. The van der Waals surface area contributed by atoms with Crippen LogP contribution in [-0.2, 0) is 0 Å². The molecule has 0 bridgehead atoms. The van der Waals surface area contributed by atoms with Gasteiger partial charge in [0.05, 0.1) is 10.6 Å². The van der Waals surface area contributed by atoms with Gasteiger partial charge in [-0.3, -0.25) is 4.79 Å². The van der Waals surface area contributed by atoms with Gasteiger partial charge >= 0.3 is 0 Å². The van der Waals surface area contributed by atoms with Crippen molar-refractivity contribution < 1.29 is 4.79 Å². The molecule has 1 amide bonds. The summed E-state index contributed by atoms with van der Waals surface area (Å²) in [5.41, 5.74) is 0.568. The fourth-order valence-electron chi connectivity index (χ4n) is 3.31. The van der Waals surface area contributed by atoms with Crippen molar-refractivity contribution >= 4 is 29.1 Å². The topological polar surface area (TPSA) is 20.3 Å². The normalized spacial score (nSPS) is 11.0. The molecule has 0 aliphatic rings. The zero-order valence-electron chi connectivity index (χ0n) is 17.2. The molecule has 0 saturated heterocycles. The van der Waals surface area contributed by atoms with Crippen LogP contribution < -0.4 is 0 Å². The molecule has 0 aromatic heterocycles. The molecule has 1 aromatic carbocycles. The lowest BCUT2D eigenvalue weighted by Crippen LogP contribution is -2.33. The predicted octanol–water partition coefficient (Wildman–Crippen LogP) is 8.16. The molecule has 0 aliphatic heterocycles. The van der Waals surface area contributed by atoms with Crippen LogP contribution in [0.4, 0.5) is 0 Å². The highest BCUT2D eigenvalue weighted by Gasteiger charge is 2.18. The van der Waals surface area contributed by atoms with Gasteiger partial charge in [-0.25, -0.2) is 0 Å². The monoisotopic (exact) mass is 413 g/mol. The van der Waals surface area contributed by atoms with E-state index in [-0.39, 0.29) is 5.91 Å². The van der Waals surface area contributed by atoms with Crippen molar-refractivity contribution in [1.82, 2.24) is 4.90 Å². The molecule has 154 valence electrons. The molecule has 0 aliphatic carbocycles. The fraction of sp³-hybridized carbons (Fsp3) is 0.696. The van der Waals surface area contributed by atoms with E-state index in [1.807, 2.05) is 4.90 Å². The van der Waals surface area contributed by atoms with Crippen LogP contribution in [0.1, 0.15) is 101 Å². The van der Waals surface area contributed by atoms with Gasteiger partial charge < -0.3 is 4.90 Å². The smallest absolute Gasteiger partial charge is 0.255 e. The maximum Gasteiger partial charge on any atom is 0.255 e. The zero-order valence-corrected chi connectivity index (χ0v) is 18.8. The Morgan fingerprint density at radius 1 is 0.778 bits per heavy atom. The van der Waals surface area contributed by atoms with E-state index in [1.165, 1.54) is 64.2 Å². The summed E-state index contributed by atoms with van der Waals surface area (Å²) in [6.07, 6.45) is 14.8. The van der Waals surface area contributed by atoms with Gasteiger partial charge in [-0.05, 0) is 31.0 Å². The van der Waals surface area contributed by atoms with Gasteiger partial charge in [-0.15, -0.1) is 0 Å². The number of rotatable bonds is 15. The minimum Gasteiger partial charge on any atom is -0.339 e. The third kappa shape index (κ3) is 10.4. The molecular weight excluding hydrogens is 377 g/mol. The maximum absolute atomic E-state index is 13.0. The largest absolute Gasteiger partial charge is 0.339 e. The minimum atomic E-state index is 0.0405. The number of benzene rings is 1. The lowest BCUT2D eigenvalue weighted by atomic mass is 10.1. The first-order valence-corrected chi connectivity index (χ1v) is 11.6. The van der Waals surface area contributed by atoms with E-state index in [0.29, 0.717) is 15.6 Å². The highest BCUT2D eigenvalue weighted by molar-refractivity contribution is 6.36. The van der Waals surface area contributed by atoms with Crippen LogP contribution in [-0.4, -0.2) is 23.9 Å².